The highest BCUT2D eigenvalue weighted by atomic mass is 79.9. The van der Waals surface area contributed by atoms with Crippen molar-refractivity contribution in [2.45, 2.75) is 0 Å². The van der Waals surface area contributed by atoms with E-state index in [1.165, 1.54) is 24.4 Å². The van der Waals surface area contributed by atoms with Crippen LogP contribution in [0.15, 0.2) is 34.9 Å². The van der Waals surface area contributed by atoms with Gasteiger partial charge >= 0.3 is 0 Å². The van der Waals surface area contributed by atoms with Gasteiger partial charge in [-0.3, -0.25) is 0 Å². The summed E-state index contributed by atoms with van der Waals surface area (Å²) in [5.74, 6) is -0.344. The third kappa shape index (κ3) is 2.87. The van der Waals surface area contributed by atoms with Crippen LogP contribution in [0.3, 0.4) is 0 Å². The van der Waals surface area contributed by atoms with Crippen LogP contribution in [0.4, 0.5) is 10.1 Å². The molecule has 0 radical (unpaired) electrons. The molecular formula is C11H7BrClFN2O. The predicted molar refractivity (Wildman–Crippen MR) is 67.8 cm³/mol. The molecule has 2 aromatic rings. The lowest BCUT2D eigenvalue weighted by atomic mass is 10.3. The van der Waals surface area contributed by atoms with Gasteiger partial charge in [0.25, 0.3) is 0 Å². The highest BCUT2D eigenvalue weighted by molar-refractivity contribution is 9.10. The number of aromatic nitrogens is 1. The number of rotatable bonds is 2. The SMILES string of the molecule is Nc1cnc(Oc2ccc(Br)cc2F)c(Cl)c1. The van der Waals surface area contributed by atoms with Crippen molar-refractivity contribution in [3.05, 3.63) is 45.8 Å². The zero-order valence-electron chi connectivity index (χ0n) is 8.45. The van der Waals surface area contributed by atoms with Gasteiger partial charge in [-0.25, -0.2) is 9.37 Å². The Hall–Kier alpha value is -1.33. The molecule has 0 unspecified atom stereocenters. The monoisotopic (exact) mass is 316 g/mol. The summed E-state index contributed by atoms with van der Waals surface area (Å²) in [6.07, 6.45) is 1.39. The number of nitrogens with two attached hydrogens (primary N) is 1. The Morgan fingerprint density at radius 3 is 2.76 bits per heavy atom. The Bertz CT molecular complexity index is 516. The van der Waals surface area contributed by atoms with E-state index in [0.29, 0.717) is 10.2 Å². The first-order chi connectivity index (χ1) is 8.06. The van der Waals surface area contributed by atoms with E-state index in [1.807, 2.05) is 0 Å². The van der Waals surface area contributed by atoms with Crippen molar-refractivity contribution in [2.75, 3.05) is 5.73 Å². The van der Waals surface area contributed by atoms with E-state index in [9.17, 15) is 4.39 Å². The number of hydrogen-bond acceptors (Lipinski definition) is 3. The van der Waals surface area contributed by atoms with Crippen LogP contribution in [0, 0.1) is 5.82 Å². The fraction of sp³-hybridized carbons (Fsp3) is 0. The van der Waals surface area contributed by atoms with Crippen LogP contribution in [0.25, 0.3) is 0 Å². The van der Waals surface area contributed by atoms with E-state index in [-0.39, 0.29) is 16.7 Å². The molecule has 0 aliphatic carbocycles. The smallest absolute Gasteiger partial charge is 0.238 e. The standard InChI is InChI=1S/C11H7BrClFN2O/c12-6-1-2-10(9(14)3-6)17-11-8(13)4-7(15)5-16-11/h1-5H,15H2. The molecule has 0 saturated carbocycles. The van der Waals surface area contributed by atoms with Crippen LogP contribution in [0.1, 0.15) is 0 Å². The lowest BCUT2D eigenvalue weighted by molar-refractivity contribution is 0.427. The van der Waals surface area contributed by atoms with Gasteiger partial charge in [-0.15, -0.1) is 0 Å². The van der Waals surface area contributed by atoms with Crippen LogP contribution >= 0.6 is 27.5 Å². The molecule has 0 saturated heterocycles. The first-order valence-corrected chi connectivity index (χ1v) is 5.77. The molecule has 17 heavy (non-hydrogen) atoms. The zero-order valence-corrected chi connectivity index (χ0v) is 10.8. The average molecular weight is 318 g/mol. The van der Waals surface area contributed by atoms with E-state index >= 15 is 0 Å². The Morgan fingerprint density at radius 2 is 2.12 bits per heavy atom. The minimum Gasteiger partial charge on any atom is -0.434 e. The third-order valence-electron chi connectivity index (χ3n) is 1.93. The average Bonchev–Trinajstić information content (AvgIpc) is 2.25. The summed E-state index contributed by atoms with van der Waals surface area (Å²) in [4.78, 5) is 3.88. The second-order valence-corrected chi connectivity index (χ2v) is 4.56. The highest BCUT2D eigenvalue weighted by Crippen LogP contribution is 2.30. The topological polar surface area (TPSA) is 48.1 Å². The van der Waals surface area contributed by atoms with E-state index in [2.05, 4.69) is 20.9 Å². The molecule has 0 amide bonds. The van der Waals surface area contributed by atoms with E-state index < -0.39 is 5.82 Å². The fourth-order valence-electron chi connectivity index (χ4n) is 1.18. The van der Waals surface area contributed by atoms with Gasteiger partial charge in [-0.05, 0) is 24.3 Å². The van der Waals surface area contributed by atoms with E-state index in [1.54, 1.807) is 6.07 Å². The second kappa shape index (κ2) is 4.89. The molecule has 1 aromatic heterocycles. The third-order valence-corrected chi connectivity index (χ3v) is 2.69. The molecule has 3 nitrogen and oxygen atoms in total. The first kappa shape index (κ1) is 12.1. The van der Waals surface area contributed by atoms with Crippen LogP contribution < -0.4 is 10.5 Å². The molecule has 1 aromatic carbocycles. The highest BCUT2D eigenvalue weighted by Gasteiger charge is 2.09. The lowest BCUT2D eigenvalue weighted by Crippen LogP contribution is -1.93. The molecule has 88 valence electrons. The first-order valence-electron chi connectivity index (χ1n) is 4.60. The maximum absolute atomic E-state index is 13.5. The number of anilines is 1. The maximum atomic E-state index is 13.5. The Balaban J connectivity index is 2.31. The summed E-state index contributed by atoms with van der Waals surface area (Å²) in [6, 6.07) is 5.92. The summed E-state index contributed by atoms with van der Waals surface area (Å²) >= 11 is 9.02. The molecular weight excluding hydrogens is 310 g/mol. The van der Waals surface area contributed by atoms with Gasteiger partial charge in [0, 0.05) is 4.47 Å². The van der Waals surface area contributed by atoms with Gasteiger partial charge in [0.1, 0.15) is 5.02 Å². The number of ether oxygens (including phenoxy) is 1. The number of hydrogen-bond donors (Lipinski definition) is 1. The zero-order chi connectivity index (χ0) is 12.4. The van der Waals surface area contributed by atoms with Crippen LogP contribution in [-0.4, -0.2) is 4.98 Å². The van der Waals surface area contributed by atoms with Gasteiger partial charge in [-0.2, -0.15) is 0 Å². The Kier molecular flexibility index (Phi) is 3.49. The summed E-state index contributed by atoms with van der Waals surface area (Å²) in [5.41, 5.74) is 5.90. The number of pyridine rings is 1. The normalized spacial score (nSPS) is 10.3. The van der Waals surface area contributed by atoms with Gasteiger partial charge < -0.3 is 10.5 Å². The van der Waals surface area contributed by atoms with Crippen molar-refractivity contribution < 1.29 is 9.13 Å². The number of nitrogens with zero attached hydrogens (tertiary/aromatic N) is 1. The fourth-order valence-corrected chi connectivity index (χ4v) is 1.72. The summed E-state index contributed by atoms with van der Waals surface area (Å²) in [5, 5.41) is 0.229. The van der Waals surface area contributed by atoms with Gasteiger partial charge in [0.15, 0.2) is 11.6 Å². The van der Waals surface area contributed by atoms with Crippen molar-refractivity contribution in [1.29, 1.82) is 0 Å². The van der Waals surface area contributed by atoms with E-state index in [0.717, 1.165) is 0 Å². The number of nitrogen functional groups attached to an aromatic ring is 1. The Morgan fingerprint density at radius 1 is 1.35 bits per heavy atom. The van der Waals surface area contributed by atoms with Gasteiger partial charge in [0.05, 0.1) is 11.9 Å². The van der Waals surface area contributed by atoms with Crippen molar-refractivity contribution in [2.24, 2.45) is 0 Å². The molecule has 0 bridgehead atoms. The molecule has 2 rings (SSSR count). The molecule has 0 spiro atoms. The molecule has 6 heteroatoms. The van der Waals surface area contributed by atoms with Crippen molar-refractivity contribution in [3.8, 4) is 11.6 Å². The number of halogens is 3. The van der Waals surface area contributed by atoms with Crippen LogP contribution in [-0.2, 0) is 0 Å². The minimum absolute atomic E-state index is 0.0485. The van der Waals surface area contributed by atoms with Crippen molar-refractivity contribution >= 4 is 33.2 Å². The predicted octanol–water partition coefficient (Wildman–Crippen LogP) is 4.01. The van der Waals surface area contributed by atoms with Gasteiger partial charge in [0.2, 0.25) is 5.88 Å². The summed E-state index contributed by atoms with van der Waals surface area (Å²) < 4.78 is 19.4. The summed E-state index contributed by atoms with van der Waals surface area (Å²) in [7, 11) is 0. The van der Waals surface area contributed by atoms with E-state index in [4.69, 9.17) is 22.1 Å². The quantitative estimate of drug-likeness (QED) is 0.910. The second-order valence-electron chi connectivity index (χ2n) is 3.23. The maximum Gasteiger partial charge on any atom is 0.238 e. The molecule has 0 aliphatic heterocycles. The van der Waals surface area contributed by atoms with Crippen LogP contribution in [0.5, 0.6) is 11.6 Å². The Labute approximate surface area is 110 Å². The molecule has 1 heterocycles. The largest absolute Gasteiger partial charge is 0.434 e. The summed E-state index contributed by atoms with van der Waals surface area (Å²) in [6.45, 7) is 0. The van der Waals surface area contributed by atoms with Crippen molar-refractivity contribution in [1.82, 2.24) is 4.98 Å². The van der Waals surface area contributed by atoms with Crippen LogP contribution in [0.2, 0.25) is 5.02 Å². The minimum atomic E-state index is -0.505. The molecule has 2 N–H and O–H groups in total. The molecule has 0 aliphatic rings. The number of benzene rings is 1. The van der Waals surface area contributed by atoms with Crippen molar-refractivity contribution in [3.63, 3.8) is 0 Å². The van der Waals surface area contributed by atoms with Gasteiger partial charge in [-0.1, -0.05) is 27.5 Å². The lowest BCUT2D eigenvalue weighted by Gasteiger charge is -2.07. The molecule has 0 atom stereocenters. The molecule has 0 fully saturated rings.